The maximum absolute atomic E-state index is 11.1. The van der Waals surface area contributed by atoms with Crippen LogP contribution in [0, 0.1) is 10.1 Å². The van der Waals surface area contributed by atoms with Gasteiger partial charge in [0.25, 0.3) is 5.69 Å². The number of nitro groups is 1. The Balaban J connectivity index is 1.30. The molecule has 4 aromatic rings. The minimum Gasteiger partial charge on any atom is -0.438 e. The third kappa shape index (κ3) is 5.63. The van der Waals surface area contributed by atoms with Crippen molar-refractivity contribution >= 4 is 34.0 Å². The predicted molar refractivity (Wildman–Crippen MR) is 142 cm³/mol. The highest BCUT2D eigenvalue weighted by Crippen LogP contribution is 2.31. The Morgan fingerprint density at radius 3 is 2.84 bits per heavy atom. The van der Waals surface area contributed by atoms with E-state index in [1.54, 1.807) is 31.5 Å². The van der Waals surface area contributed by atoms with E-state index in [2.05, 4.69) is 49.2 Å². The quantitative estimate of drug-likeness (QED) is 0.237. The number of likely N-dealkylation sites (tertiary alicyclic amines) is 1. The van der Waals surface area contributed by atoms with E-state index in [1.165, 1.54) is 12.1 Å². The van der Waals surface area contributed by atoms with Crippen molar-refractivity contribution in [1.29, 1.82) is 0 Å². The molecule has 1 saturated heterocycles. The van der Waals surface area contributed by atoms with Crippen molar-refractivity contribution in [3.05, 3.63) is 70.9 Å². The van der Waals surface area contributed by atoms with E-state index < -0.39 is 4.92 Å². The van der Waals surface area contributed by atoms with Crippen molar-refractivity contribution in [3.63, 3.8) is 0 Å². The number of aromatic nitrogens is 3. The van der Waals surface area contributed by atoms with Gasteiger partial charge in [-0.1, -0.05) is 6.07 Å². The van der Waals surface area contributed by atoms with Gasteiger partial charge in [-0.2, -0.15) is 9.97 Å². The minimum absolute atomic E-state index is 0.0550. The number of hydrogen-bond acceptors (Lipinski definition) is 9. The van der Waals surface area contributed by atoms with E-state index >= 15 is 0 Å². The van der Waals surface area contributed by atoms with Gasteiger partial charge in [0.15, 0.2) is 0 Å². The molecule has 1 unspecified atom stereocenters. The molecule has 1 atom stereocenters. The summed E-state index contributed by atoms with van der Waals surface area (Å²) in [5.41, 5.74) is 2.51. The fourth-order valence-corrected chi connectivity index (χ4v) is 4.49. The SMILES string of the molecule is COCCN1CCC(N(C)c2ccc(Nc3nc(Oc4cccc([N+](=O)[O-])c4)c4cc[nH]c4n3)cc2)C1. The average molecular weight is 504 g/mol. The number of likely N-dealkylation sites (N-methyl/N-ethyl adjacent to an activating group) is 1. The molecule has 5 rings (SSSR count). The Kier molecular flexibility index (Phi) is 7.15. The van der Waals surface area contributed by atoms with Gasteiger partial charge in [0, 0.05) is 63.5 Å². The fourth-order valence-electron chi connectivity index (χ4n) is 4.49. The second kappa shape index (κ2) is 10.8. The van der Waals surface area contributed by atoms with Crippen LogP contribution in [0.1, 0.15) is 6.42 Å². The molecule has 0 aliphatic carbocycles. The van der Waals surface area contributed by atoms with Crippen LogP contribution in [-0.4, -0.2) is 71.2 Å². The molecule has 0 spiro atoms. The molecule has 3 heterocycles. The summed E-state index contributed by atoms with van der Waals surface area (Å²) < 4.78 is 11.1. The first-order valence-corrected chi connectivity index (χ1v) is 12.1. The molecular formula is C26H29N7O4. The summed E-state index contributed by atoms with van der Waals surface area (Å²) in [5.74, 6) is 0.965. The van der Waals surface area contributed by atoms with Crippen molar-refractivity contribution in [2.75, 3.05) is 50.6 Å². The molecular weight excluding hydrogens is 474 g/mol. The number of ether oxygens (including phenoxy) is 2. The number of non-ortho nitro benzene ring substituents is 1. The van der Waals surface area contributed by atoms with Gasteiger partial charge in [-0.05, 0) is 42.8 Å². The summed E-state index contributed by atoms with van der Waals surface area (Å²) in [6.07, 6.45) is 2.87. The molecule has 11 nitrogen and oxygen atoms in total. The normalized spacial score (nSPS) is 15.7. The number of rotatable bonds is 10. The van der Waals surface area contributed by atoms with Gasteiger partial charge in [0.2, 0.25) is 11.8 Å². The maximum Gasteiger partial charge on any atom is 0.273 e. The highest BCUT2D eigenvalue weighted by molar-refractivity contribution is 5.82. The molecule has 1 aliphatic rings. The van der Waals surface area contributed by atoms with Crippen LogP contribution in [0.15, 0.2) is 60.8 Å². The topological polar surface area (TPSA) is 122 Å². The van der Waals surface area contributed by atoms with Gasteiger partial charge in [-0.3, -0.25) is 15.0 Å². The van der Waals surface area contributed by atoms with Crippen LogP contribution in [0.2, 0.25) is 0 Å². The molecule has 0 bridgehead atoms. The van der Waals surface area contributed by atoms with Crippen LogP contribution >= 0.6 is 0 Å². The number of nitrogens with zero attached hydrogens (tertiary/aromatic N) is 5. The number of nitrogens with one attached hydrogen (secondary N) is 2. The maximum atomic E-state index is 11.1. The first-order valence-electron chi connectivity index (χ1n) is 12.1. The Bertz CT molecular complexity index is 1380. The second-order valence-electron chi connectivity index (χ2n) is 8.97. The Labute approximate surface area is 214 Å². The fraction of sp³-hybridized carbons (Fsp3) is 0.308. The standard InChI is InChI=1S/C26H29N7O4/c1-31(21-11-13-32(17-21)14-15-36-2)19-8-6-18(7-9-19)28-26-29-24-23(10-12-27-24)25(30-26)37-22-5-3-4-20(16-22)33(34)35/h3-10,12,16,21H,11,13-15,17H2,1-2H3,(H2,27,28,29,30). The van der Waals surface area contributed by atoms with Crippen LogP contribution in [0.25, 0.3) is 11.0 Å². The number of fused-ring (bicyclic) bond motifs is 1. The molecule has 37 heavy (non-hydrogen) atoms. The van der Waals surface area contributed by atoms with Gasteiger partial charge in [0.05, 0.1) is 23.0 Å². The number of anilines is 3. The lowest BCUT2D eigenvalue weighted by Crippen LogP contribution is -2.35. The smallest absolute Gasteiger partial charge is 0.273 e. The van der Waals surface area contributed by atoms with Crippen molar-refractivity contribution in [1.82, 2.24) is 19.9 Å². The minimum atomic E-state index is -0.461. The van der Waals surface area contributed by atoms with E-state index in [9.17, 15) is 10.1 Å². The predicted octanol–water partition coefficient (Wildman–Crippen LogP) is 4.56. The Hall–Kier alpha value is -4.22. The van der Waals surface area contributed by atoms with E-state index in [0.717, 1.165) is 44.0 Å². The van der Waals surface area contributed by atoms with Crippen LogP contribution in [0.3, 0.4) is 0 Å². The zero-order chi connectivity index (χ0) is 25.8. The van der Waals surface area contributed by atoms with Gasteiger partial charge >= 0.3 is 0 Å². The second-order valence-corrected chi connectivity index (χ2v) is 8.97. The summed E-state index contributed by atoms with van der Waals surface area (Å²) >= 11 is 0. The lowest BCUT2D eigenvalue weighted by atomic mass is 10.2. The lowest BCUT2D eigenvalue weighted by molar-refractivity contribution is -0.384. The van der Waals surface area contributed by atoms with E-state index in [1.807, 2.05) is 12.1 Å². The first kappa shape index (κ1) is 24.5. The van der Waals surface area contributed by atoms with E-state index in [4.69, 9.17) is 9.47 Å². The monoisotopic (exact) mass is 503 g/mol. The summed E-state index contributed by atoms with van der Waals surface area (Å²) in [7, 11) is 3.87. The molecule has 0 radical (unpaired) electrons. The van der Waals surface area contributed by atoms with Crippen LogP contribution < -0.4 is 15.0 Å². The van der Waals surface area contributed by atoms with E-state index in [0.29, 0.717) is 34.7 Å². The van der Waals surface area contributed by atoms with Crippen molar-refractivity contribution in [2.24, 2.45) is 0 Å². The number of hydrogen-bond donors (Lipinski definition) is 2. The molecule has 192 valence electrons. The van der Waals surface area contributed by atoms with Crippen LogP contribution in [0.4, 0.5) is 23.0 Å². The Morgan fingerprint density at radius 1 is 1.22 bits per heavy atom. The number of aromatic amines is 1. The van der Waals surface area contributed by atoms with Crippen LogP contribution in [0.5, 0.6) is 11.6 Å². The third-order valence-corrected chi connectivity index (χ3v) is 6.56. The Morgan fingerprint density at radius 2 is 2.05 bits per heavy atom. The highest BCUT2D eigenvalue weighted by Gasteiger charge is 2.25. The molecule has 1 fully saturated rings. The number of nitro benzene ring substituents is 1. The average Bonchev–Trinajstić information content (AvgIpc) is 3.58. The first-order chi connectivity index (χ1) is 18.0. The molecule has 0 amide bonds. The molecule has 2 aromatic heterocycles. The molecule has 0 saturated carbocycles. The van der Waals surface area contributed by atoms with Crippen molar-refractivity contribution in [2.45, 2.75) is 12.5 Å². The largest absolute Gasteiger partial charge is 0.438 e. The summed E-state index contributed by atoms with van der Waals surface area (Å²) in [5, 5.41) is 15.0. The van der Waals surface area contributed by atoms with Gasteiger partial charge in [0.1, 0.15) is 11.4 Å². The summed E-state index contributed by atoms with van der Waals surface area (Å²) in [4.78, 5) is 27.6. The highest BCUT2D eigenvalue weighted by atomic mass is 16.6. The zero-order valence-corrected chi connectivity index (χ0v) is 20.8. The molecule has 2 N–H and O–H groups in total. The van der Waals surface area contributed by atoms with Gasteiger partial charge < -0.3 is 24.7 Å². The van der Waals surface area contributed by atoms with Crippen LogP contribution in [-0.2, 0) is 4.74 Å². The van der Waals surface area contributed by atoms with E-state index in [-0.39, 0.29) is 5.69 Å². The number of benzene rings is 2. The summed E-state index contributed by atoms with van der Waals surface area (Å²) in [6.45, 7) is 3.82. The van der Waals surface area contributed by atoms with Gasteiger partial charge in [-0.15, -0.1) is 0 Å². The number of H-pyrrole nitrogens is 1. The summed E-state index contributed by atoms with van der Waals surface area (Å²) in [6, 6.07) is 16.4. The zero-order valence-electron chi connectivity index (χ0n) is 20.8. The van der Waals surface area contributed by atoms with Crippen molar-refractivity contribution in [3.8, 4) is 11.6 Å². The molecule has 11 heteroatoms. The lowest BCUT2D eigenvalue weighted by Gasteiger charge is -2.27. The van der Waals surface area contributed by atoms with Crippen molar-refractivity contribution < 1.29 is 14.4 Å². The van der Waals surface area contributed by atoms with Gasteiger partial charge in [-0.25, -0.2) is 0 Å². The number of methoxy groups -OCH3 is 1. The third-order valence-electron chi connectivity index (χ3n) is 6.56. The molecule has 1 aliphatic heterocycles. The molecule has 2 aromatic carbocycles.